The molecule has 4 aromatic rings. The van der Waals surface area contributed by atoms with Crippen LogP contribution in [0.2, 0.25) is 0 Å². The lowest BCUT2D eigenvalue weighted by atomic mass is 10.1. The first-order valence-electron chi connectivity index (χ1n) is 13.4. The summed E-state index contributed by atoms with van der Waals surface area (Å²) in [6.07, 6.45) is 1.72. The van der Waals surface area contributed by atoms with E-state index in [1.807, 2.05) is 48.5 Å². The van der Waals surface area contributed by atoms with Gasteiger partial charge in [0, 0.05) is 38.4 Å². The molecule has 6 rings (SSSR count). The van der Waals surface area contributed by atoms with E-state index in [0.717, 1.165) is 43.2 Å². The molecule has 200 valence electrons. The summed E-state index contributed by atoms with van der Waals surface area (Å²) in [6.45, 7) is 4.92. The van der Waals surface area contributed by atoms with E-state index in [1.165, 1.54) is 11.3 Å². The molecule has 4 aromatic carbocycles. The topological polar surface area (TPSA) is 65.1 Å². The third kappa shape index (κ3) is 5.75. The molecule has 2 aliphatic rings. The fourth-order valence-electron chi connectivity index (χ4n) is 5.00. The number of hydrogen-bond acceptors (Lipinski definition) is 5. The van der Waals surface area contributed by atoms with Gasteiger partial charge in [0.25, 0.3) is 5.91 Å². The highest BCUT2D eigenvalue weighted by molar-refractivity contribution is 6.28. The number of nitrogens with zero attached hydrogens (tertiary/aromatic N) is 3. The van der Waals surface area contributed by atoms with Gasteiger partial charge in [-0.2, -0.15) is 0 Å². The Bertz CT molecular complexity index is 1500. The number of benzene rings is 4. The number of para-hydroxylation sites is 2. The number of piperazine rings is 1. The van der Waals surface area contributed by atoms with Crippen LogP contribution < -0.4 is 19.9 Å². The summed E-state index contributed by atoms with van der Waals surface area (Å²) in [5.74, 6) is 0.949. The van der Waals surface area contributed by atoms with Crippen molar-refractivity contribution in [2.75, 3.05) is 36.0 Å². The van der Waals surface area contributed by atoms with E-state index >= 15 is 0 Å². The highest BCUT2D eigenvalue weighted by atomic mass is 16.5. The Morgan fingerprint density at radius 1 is 0.675 bits per heavy atom. The molecule has 0 bridgehead atoms. The first-order chi connectivity index (χ1) is 19.6. The minimum atomic E-state index is -0.473. The molecule has 40 heavy (non-hydrogen) atoms. The predicted molar refractivity (Wildman–Crippen MR) is 157 cm³/mol. The second kappa shape index (κ2) is 11.5. The van der Waals surface area contributed by atoms with Gasteiger partial charge in [0.15, 0.2) is 0 Å². The molecular formula is C33H30N4O3. The summed E-state index contributed by atoms with van der Waals surface area (Å²) in [7, 11) is 0. The molecule has 0 atom stereocenters. The van der Waals surface area contributed by atoms with Crippen LogP contribution in [0.15, 0.2) is 115 Å². The molecule has 0 radical (unpaired) electrons. The van der Waals surface area contributed by atoms with Crippen molar-refractivity contribution in [2.45, 2.75) is 6.54 Å². The average Bonchev–Trinajstić information content (AvgIpc) is 3.28. The number of nitrogens with one attached hydrogen (secondary N) is 1. The first-order valence-corrected chi connectivity index (χ1v) is 13.4. The number of rotatable bonds is 7. The first kappa shape index (κ1) is 25.4. The summed E-state index contributed by atoms with van der Waals surface area (Å²) < 4.78 is 5.81. The molecule has 2 fully saturated rings. The molecule has 2 heterocycles. The van der Waals surface area contributed by atoms with Gasteiger partial charge in [-0.3, -0.25) is 9.69 Å². The molecule has 0 aromatic heterocycles. The van der Waals surface area contributed by atoms with Crippen molar-refractivity contribution in [3.05, 3.63) is 126 Å². The van der Waals surface area contributed by atoms with Gasteiger partial charge in [-0.05, 0) is 65.7 Å². The van der Waals surface area contributed by atoms with Crippen molar-refractivity contribution in [3.63, 3.8) is 0 Å². The van der Waals surface area contributed by atoms with Gasteiger partial charge in [-0.1, -0.05) is 60.7 Å². The van der Waals surface area contributed by atoms with Crippen LogP contribution in [0.4, 0.5) is 16.2 Å². The lowest BCUT2D eigenvalue weighted by Gasteiger charge is -2.36. The average molecular weight is 531 g/mol. The van der Waals surface area contributed by atoms with Crippen molar-refractivity contribution in [1.29, 1.82) is 0 Å². The lowest BCUT2D eigenvalue weighted by Crippen LogP contribution is -2.45. The van der Waals surface area contributed by atoms with E-state index < -0.39 is 6.03 Å². The quantitative estimate of drug-likeness (QED) is 0.238. The Morgan fingerprint density at radius 2 is 1.30 bits per heavy atom. The van der Waals surface area contributed by atoms with Crippen molar-refractivity contribution >= 4 is 29.4 Å². The molecule has 3 amide bonds. The van der Waals surface area contributed by atoms with E-state index in [-0.39, 0.29) is 11.6 Å². The maximum absolute atomic E-state index is 13.1. The van der Waals surface area contributed by atoms with Crippen LogP contribution in [-0.2, 0) is 11.3 Å². The monoisotopic (exact) mass is 530 g/mol. The molecule has 2 saturated heterocycles. The van der Waals surface area contributed by atoms with Gasteiger partial charge in [0.1, 0.15) is 17.2 Å². The molecule has 0 unspecified atom stereocenters. The number of imide groups is 1. The summed E-state index contributed by atoms with van der Waals surface area (Å²) >= 11 is 0. The van der Waals surface area contributed by atoms with E-state index in [2.05, 4.69) is 51.5 Å². The van der Waals surface area contributed by atoms with Gasteiger partial charge in [-0.25, -0.2) is 9.69 Å². The van der Waals surface area contributed by atoms with Gasteiger partial charge >= 0.3 is 6.03 Å². The van der Waals surface area contributed by atoms with Crippen molar-refractivity contribution in [1.82, 2.24) is 10.2 Å². The van der Waals surface area contributed by atoms with Gasteiger partial charge in [-0.15, -0.1) is 0 Å². The summed E-state index contributed by atoms with van der Waals surface area (Å²) in [5, 5.41) is 2.71. The fraction of sp³-hybridized carbons (Fsp3) is 0.152. The van der Waals surface area contributed by atoms with E-state index in [9.17, 15) is 9.59 Å². The normalized spacial score (nSPS) is 16.9. The van der Waals surface area contributed by atoms with Crippen LogP contribution in [0.5, 0.6) is 11.5 Å². The number of anilines is 2. The van der Waals surface area contributed by atoms with E-state index in [4.69, 9.17) is 4.74 Å². The molecule has 0 saturated carbocycles. The van der Waals surface area contributed by atoms with Crippen molar-refractivity contribution in [3.8, 4) is 11.5 Å². The van der Waals surface area contributed by atoms with Crippen molar-refractivity contribution in [2.24, 2.45) is 0 Å². The second-order valence-electron chi connectivity index (χ2n) is 9.88. The third-order valence-corrected chi connectivity index (χ3v) is 7.14. The molecule has 0 aliphatic carbocycles. The van der Waals surface area contributed by atoms with Gasteiger partial charge < -0.3 is 15.0 Å². The van der Waals surface area contributed by atoms with Crippen LogP contribution in [0.3, 0.4) is 0 Å². The number of carbonyl (C=O) groups excluding carboxylic acids is 2. The minimum Gasteiger partial charge on any atom is -0.457 e. The number of hydrogen-bond donors (Lipinski definition) is 1. The summed E-state index contributed by atoms with van der Waals surface area (Å²) in [5.41, 5.74) is 4.08. The van der Waals surface area contributed by atoms with Crippen LogP contribution in [0.25, 0.3) is 6.08 Å². The Hall–Kier alpha value is -4.88. The third-order valence-electron chi connectivity index (χ3n) is 7.14. The van der Waals surface area contributed by atoms with E-state index in [0.29, 0.717) is 17.2 Å². The number of carbonyl (C=O) groups is 2. The zero-order valence-electron chi connectivity index (χ0n) is 22.1. The largest absolute Gasteiger partial charge is 0.457 e. The number of ether oxygens (including phenoxy) is 1. The van der Waals surface area contributed by atoms with Gasteiger partial charge in [0.05, 0.1) is 5.69 Å². The number of urea groups is 1. The SMILES string of the molecule is O=C1N/C(=C\c2ccc(CN3CCN(c4ccccc4)CC3)cc2)C(=O)N1c1ccc(Oc2ccccc2)cc1. The van der Waals surface area contributed by atoms with Crippen LogP contribution in [0.1, 0.15) is 11.1 Å². The van der Waals surface area contributed by atoms with Crippen LogP contribution in [-0.4, -0.2) is 43.0 Å². The second-order valence-corrected chi connectivity index (χ2v) is 9.88. The predicted octanol–water partition coefficient (Wildman–Crippen LogP) is 5.90. The van der Waals surface area contributed by atoms with E-state index in [1.54, 1.807) is 30.3 Å². The zero-order chi connectivity index (χ0) is 27.3. The molecule has 1 N–H and O–H groups in total. The molecule has 2 aliphatic heterocycles. The highest BCUT2D eigenvalue weighted by Gasteiger charge is 2.34. The zero-order valence-corrected chi connectivity index (χ0v) is 22.1. The molecule has 7 heteroatoms. The Balaban J connectivity index is 1.06. The van der Waals surface area contributed by atoms with Crippen molar-refractivity contribution < 1.29 is 14.3 Å². The smallest absolute Gasteiger partial charge is 0.333 e. The highest BCUT2D eigenvalue weighted by Crippen LogP contribution is 2.27. The van der Waals surface area contributed by atoms with Crippen LogP contribution in [0, 0.1) is 0 Å². The minimum absolute atomic E-state index is 0.249. The standard InChI is InChI=1S/C33H30N4O3/c38-32-31(34-33(39)37(32)28-15-17-30(18-16-28)40-29-9-5-2-6-10-29)23-25-11-13-26(14-12-25)24-35-19-21-36(22-20-35)27-7-3-1-4-8-27/h1-18,23H,19-22,24H2,(H,34,39)/b31-23-. The Morgan fingerprint density at radius 3 is 1.98 bits per heavy atom. The maximum Gasteiger partial charge on any atom is 0.333 e. The maximum atomic E-state index is 13.1. The summed E-state index contributed by atoms with van der Waals surface area (Å²) in [6, 6.07) is 34.5. The fourth-order valence-corrected chi connectivity index (χ4v) is 5.00. The Kier molecular flexibility index (Phi) is 7.28. The molecular weight excluding hydrogens is 500 g/mol. The summed E-state index contributed by atoms with van der Waals surface area (Å²) in [4.78, 5) is 31.8. The van der Waals surface area contributed by atoms with Crippen LogP contribution >= 0.6 is 0 Å². The molecule has 7 nitrogen and oxygen atoms in total. The Labute approximate surface area is 233 Å². The van der Waals surface area contributed by atoms with Gasteiger partial charge in [0.2, 0.25) is 0 Å². The number of amides is 3. The lowest BCUT2D eigenvalue weighted by molar-refractivity contribution is -0.113. The molecule has 0 spiro atoms.